The van der Waals surface area contributed by atoms with Crippen LogP contribution in [0.25, 0.3) is 10.9 Å². The maximum atomic E-state index is 9.14. The normalized spacial score (nSPS) is 13.9. The van der Waals surface area contributed by atoms with Crippen LogP contribution in [0.5, 0.6) is 5.75 Å². The Balaban J connectivity index is 0.00000289. The molecule has 6 nitrogen and oxygen atoms in total. The van der Waals surface area contributed by atoms with Gasteiger partial charge in [-0.25, -0.2) is 0 Å². The fraction of sp³-hybridized carbons (Fsp3) is 0.360. The molecular weight excluding hydrogens is 422 g/mol. The average Bonchev–Trinajstić information content (AvgIpc) is 3.23. The molecule has 0 bridgehead atoms. The van der Waals surface area contributed by atoms with E-state index in [1.54, 1.807) is 7.11 Å². The first-order valence-corrected chi connectivity index (χ1v) is 10.8. The van der Waals surface area contributed by atoms with Gasteiger partial charge in [0.2, 0.25) is 0 Å². The molecule has 0 amide bonds. The molecule has 0 radical (unpaired) electrons. The highest BCUT2D eigenvalue weighted by atomic mass is 35.5. The van der Waals surface area contributed by atoms with Gasteiger partial charge in [-0.2, -0.15) is 10.5 Å². The molecule has 0 aliphatic carbocycles. The monoisotopic (exact) mass is 449 g/mol. The van der Waals surface area contributed by atoms with Crippen molar-refractivity contribution < 1.29 is 4.74 Å². The van der Waals surface area contributed by atoms with Crippen LogP contribution < -0.4 is 9.64 Å². The summed E-state index contributed by atoms with van der Waals surface area (Å²) in [5.41, 5.74) is 4.80. The Bertz CT molecular complexity index is 1140. The molecule has 1 N–H and O–H groups in total. The number of anilines is 1. The van der Waals surface area contributed by atoms with Gasteiger partial charge in [-0.1, -0.05) is 0 Å². The van der Waals surface area contributed by atoms with E-state index in [0.717, 1.165) is 68.9 Å². The van der Waals surface area contributed by atoms with Crippen LogP contribution in [0.4, 0.5) is 5.69 Å². The number of hydrogen-bond donors (Lipinski definition) is 1. The number of nitrogens with one attached hydrogen (secondary N) is 1. The summed E-state index contributed by atoms with van der Waals surface area (Å²) in [6.45, 7) is 5.08. The number of aryl methyl sites for hydroxylation is 1. The van der Waals surface area contributed by atoms with E-state index in [2.05, 4.69) is 33.1 Å². The van der Waals surface area contributed by atoms with Gasteiger partial charge in [0.15, 0.2) is 0 Å². The van der Waals surface area contributed by atoms with Crippen LogP contribution in [0, 0.1) is 22.7 Å². The third-order valence-corrected chi connectivity index (χ3v) is 6.09. The van der Waals surface area contributed by atoms with Crippen molar-refractivity contribution in [3.63, 3.8) is 0 Å². The summed E-state index contributed by atoms with van der Waals surface area (Å²) in [6, 6.07) is 15.9. The average molecular weight is 450 g/mol. The smallest absolute Gasteiger partial charge is 0.143 e. The lowest BCUT2D eigenvalue weighted by molar-refractivity contribution is 0.252. The van der Waals surface area contributed by atoms with Crippen molar-refractivity contribution in [1.82, 2.24) is 9.88 Å². The number of nitrogens with zero attached hydrogens (tertiary/aromatic N) is 4. The predicted molar refractivity (Wildman–Crippen MR) is 130 cm³/mol. The van der Waals surface area contributed by atoms with Crippen molar-refractivity contribution in [3.05, 3.63) is 59.3 Å². The fourth-order valence-corrected chi connectivity index (χ4v) is 4.33. The Morgan fingerprint density at radius 1 is 0.969 bits per heavy atom. The zero-order chi connectivity index (χ0) is 21.6. The molecule has 4 rings (SSSR count). The molecule has 2 aromatic carbocycles. The van der Waals surface area contributed by atoms with E-state index >= 15 is 0 Å². The summed E-state index contributed by atoms with van der Waals surface area (Å²) in [7, 11) is 1.66. The van der Waals surface area contributed by atoms with Gasteiger partial charge in [0.1, 0.15) is 5.75 Å². The minimum absolute atomic E-state index is 0. The highest BCUT2D eigenvalue weighted by Gasteiger charge is 2.19. The van der Waals surface area contributed by atoms with E-state index < -0.39 is 0 Å². The molecular formula is C25H28ClN5O. The molecule has 0 spiro atoms. The molecule has 2 heterocycles. The summed E-state index contributed by atoms with van der Waals surface area (Å²) in [6.07, 6.45) is 5.39. The number of methoxy groups -OCH3 is 1. The lowest BCUT2D eigenvalue weighted by atomic mass is 10.1. The van der Waals surface area contributed by atoms with Crippen molar-refractivity contribution >= 4 is 29.0 Å². The number of aromatic nitrogens is 1. The number of fused-ring (bicyclic) bond motifs is 1. The number of rotatable bonds is 7. The molecule has 1 aliphatic rings. The zero-order valence-corrected chi connectivity index (χ0v) is 19.1. The van der Waals surface area contributed by atoms with Gasteiger partial charge in [0, 0.05) is 49.3 Å². The number of piperazine rings is 1. The predicted octanol–water partition coefficient (Wildman–Crippen LogP) is 4.49. The molecule has 0 unspecified atom stereocenters. The van der Waals surface area contributed by atoms with Crippen molar-refractivity contribution in [2.24, 2.45) is 0 Å². The Morgan fingerprint density at radius 3 is 2.41 bits per heavy atom. The molecule has 166 valence electrons. The Morgan fingerprint density at radius 2 is 1.69 bits per heavy atom. The van der Waals surface area contributed by atoms with Crippen LogP contribution in [-0.4, -0.2) is 49.7 Å². The van der Waals surface area contributed by atoms with Crippen molar-refractivity contribution in [3.8, 4) is 17.9 Å². The first-order chi connectivity index (χ1) is 15.2. The molecule has 7 heteroatoms. The molecule has 0 atom stereocenters. The lowest BCUT2D eigenvalue weighted by Gasteiger charge is -2.36. The Hall–Kier alpha value is -3.19. The number of ether oxygens (including phenoxy) is 1. The second-order valence-corrected chi connectivity index (χ2v) is 7.97. The highest BCUT2D eigenvalue weighted by Crippen LogP contribution is 2.30. The van der Waals surface area contributed by atoms with E-state index in [0.29, 0.717) is 11.1 Å². The number of benzene rings is 2. The minimum Gasteiger partial charge on any atom is -0.495 e. The van der Waals surface area contributed by atoms with Gasteiger partial charge in [0.05, 0.1) is 36.1 Å². The maximum Gasteiger partial charge on any atom is 0.143 e. The summed E-state index contributed by atoms with van der Waals surface area (Å²) >= 11 is 0. The first kappa shape index (κ1) is 23.5. The largest absolute Gasteiger partial charge is 0.495 e. The summed E-state index contributed by atoms with van der Waals surface area (Å²) in [5, 5.41) is 19.4. The molecule has 1 aliphatic heterocycles. The third-order valence-electron chi connectivity index (χ3n) is 6.09. The minimum atomic E-state index is 0. The summed E-state index contributed by atoms with van der Waals surface area (Å²) in [4.78, 5) is 8.18. The van der Waals surface area contributed by atoms with E-state index in [9.17, 15) is 0 Å². The lowest BCUT2D eigenvalue weighted by Crippen LogP contribution is -2.46. The van der Waals surface area contributed by atoms with Crippen LogP contribution in [0.1, 0.15) is 29.5 Å². The van der Waals surface area contributed by atoms with E-state index in [1.165, 1.54) is 10.9 Å². The number of aromatic amines is 1. The summed E-state index contributed by atoms with van der Waals surface area (Å²) < 4.78 is 5.50. The second-order valence-electron chi connectivity index (χ2n) is 7.97. The SMILES string of the molecule is COc1cc(C#N)ccc1N1CCN(CCCCc2c[nH]c3ccc(C#N)cc23)CC1.Cl. The van der Waals surface area contributed by atoms with Crippen molar-refractivity contribution in [2.75, 3.05) is 44.7 Å². The number of nitriles is 2. The second kappa shape index (κ2) is 10.9. The number of H-pyrrole nitrogens is 1. The number of hydrogen-bond acceptors (Lipinski definition) is 5. The van der Waals surface area contributed by atoms with Gasteiger partial charge in [-0.05, 0) is 61.7 Å². The van der Waals surface area contributed by atoms with Gasteiger partial charge in [0.25, 0.3) is 0 Å². The van der Waals surface area contributed by atoms with Crippen LogP contribution in [0.2, 0.25) is 0 Å². The fourth-order valence-electron chi connectivity index (χ4n) is 4.33. The molecule has 1 aromatic heterocycles. The number of unbranched alkanes of at least 4 members (excludes halogenated alkanes) is 1. The van der Waals surface area contributed by atoms with Gasteiger partial charge >= 0.3 is 0 Å². The van der Waals surface area contributed by atoms with Crippen LogP contribution >= 0.6 is 12.4 Å². The molecule has 1 fully saturated rings. The van der Waals surface area contributed by atoms with Crippen molar-refractivity contribution in [1.29, 1.82) is 10.5 Å². The van der Waals surface area contributed by atoms with E-state index in [-0.39, 0.29) is 12.4 Å². The topological polar surface area (TPSA) is 79.1 Å². The van der Waals surface area contributed by atoms with Gasteiger partial charge in [-0.15, -0.1) is 12.4 Å². The zero-order valence-electron chi connectivity index (χ0n) is 18.3. The van der Waals surface area contributed by atoms with Crippen molar-refractivity contribution in [2.45, 2.75) is 19.3 Å². The Kier molecular flexibility index (Phi) is 8.00. The van der Waals surface area contributed by atoms with Crippen LogP contribution in [0.3, 0.4) is 0 Å². The molecule has 32 heavy (non-hydrogen) atoms. The first-order valence-electron chi connectivity index (χ1n) is 10.8. The highest BCUT2D eigenvalue weighted by molar-refractivity contribution is 5.85. The standard InChI is InChI=1S/C25H27N5O.ClH/c1-31-25-15-20(17-27)6-8-24(25)30-12-10-29(11-13-30)9-3-2-4-21-18-28-23-7-5-19(16-26)14-22(21)23;/h5-8,14-15,18,28H,2-4,9-13H2,1H3;1H. The molecule has 1 saturated heterocycles. The van der Waals surface area contributed by atoms with E-state index in [1.807, 2.05) is 36.4 Å². The quantitative estimate of drug-likeness (QED) is 0.538. The maximum absolute atomic E-state index is 9.14. The molecule has 3 aromatic rings. The van der Waals surface area contributed by atoms with Crippen LogP contribution in [0.15, 0.2) is 42.6 Å². The third kappa shape index (κ3) is 5.16. The number of halogens is 1. The van der Waals surface area contributed by atoms with Gasteiger partial charge in [-0.3, -0.25) is 4.90 Å². The van der Waals surface area contributed by atoms with Crippen LogP contribution in [-0.2, 0) is 6.42 Å². The Labute approximate surface area is 195 Å². The summed E-state index contributed by atoms with van der Waals surface area (Å²) in [5.74, 6) is 0.769. The van der Waals surface area contributed by atoms with Gasteiger partial charge < -0.3 is 14.6 Å². The van der Waals surface area contributed by atoms with E-state index in [4.69, 9.17) is 15.3 Å². The molecule has 0 saturated carbocycles.